The third-order valence-electron chi connectivity index (χ3n) is 4.31. The first-order chi connectivity index (χ1) is 13.9. The molecule has 0 saturated carbocycles. The Labute approximate surface area is 177 Å². The largest absolute Gasteiger partial charge is 0.287 e. The minimum Gasteiger partial charge on any atom is -0.287 e. The van der Waals surface area contributed by atoms with E-state index in [2.05, 4.69) is 4.98 Å². The number of hydrogen-bond donors (Lipinski definition) is 0. The Bertz CT molecular complexity index is 1280. The number of aromatic nitrogens is 2. The van der Waals surface area contributed by atoms with Gasteiger partial charge in [-0.1, -0.05) is 53.5 Å². The summed E-state index contributed by atoms with van der Waals surface area (Å²) in [6.07, 6.45) is 1.56. The molecule has 2 heterocycles. The van der Waals surface area contributed by atoms with E-state index < -0.39 is 15.8 Å². The zero-order valence-corrected chi connectivity index (χ0v) is 17.2. The molecule has 0 spiro atoms. The molecule has 0 aliphatic rings. The lowest BCUT2D eigenvalue weighted by atomic mass is 10.2. The Balaban J connectivity index is 1.89. The standard InChI is InChI=1S/C20H14Cl2FN3O2S/c21-15-8-11-18-24-20(19(22)25(18)13-15)26(12-14-6-9-16(23)10-7-14)29(27,28)17-4-2-1-3-5-17/h1-11,13H,12H2. The van der Waals surface area contributed by atoms with Gasteiger partial charge in [0.05, 0.1) is 16.5 Å². The van der Waals surface area contributed by atoms with E-state index in [4.69, 9.17) is 23.2 Å². The van der Waals surface area contributed by atoms with Crippen molar-refractivity contribution < 1.29 is 12.8 Å². The predicted octanol–water partition coefficient (Wildman–Crippen LogP) is 5.18. The summed E-state index contributed by atoms with van der Waals surface area (Å²) in [6.45, 7) is -0.0746. The third kappa shape index (κ3) is 3.81. The molecule has 0 amide bonds. The van der Waals surface area contributed by atoms with Gasteiger partial charge in [0, 0.05) is 6.20 Å². The normalized spacial score (nSPS) is 11.7. The average molecular weight is 450 g/mol. The number of anilines is 1. The summed E-state index contributed by atoms with van der Waals surface area (Å²) < 4.78 is 42.8. The van der Waals surface area contributed by atoms with Crippen molar-refractivity contribution in [2.45, 2.75) is 11.4 Å². The molecule has 2 aromatic heterocycles. The third-order valence-corrected chi connectivity index (χ3v) is 6.64. The topological polar surface area (TPSA) is 54.7 Å². The lowest BCUT2D eigenvalue weighted by Gasteiger charge is -2.23. The summed E-state index contributed by atoms with van der Waals surface area (Å²) in [4.78, 5) is 4.50. The monoisotopic (exact) mass is 449 g/mol. The molecule has 0 unspecified atom stereocenters. The van der Waals surface area contributed by atoms with Crippen molar-refractivity contribution >= 4 is 44.7 Å². The maximum Gasteiger partial charge on any atom is 0.265 e. The van der Waals surface area contributed by atoms with Crippen molar-refractivity contribution in [3.63, 3.8) is 0 Å². The van der Waals surface area contributed by atoms with Gasteiger partial charge in [0.25, 0.3) is 10.0 Å². The van der Waals surface area contributed by atoms with Gasteiger partial charge in [0.15, 0.2) is 11.0 Å². The Morgan fingerprint density at radius 3 is 2.34 bits per heavy atom. The second-order valence-electron chi connectivity index (χ2n) is 6.25. The summed E-state index contributed by atoms with van der Waals surface area (Å²) in [5.41, 5.74) is 1.03. The van der Waals surface area contributed by atoms with Crippen LogP contribution < -0.4 is 4.31 Å². The quantitative estimate of drug-likeness (QED) is 0.421. The number of halogens is 3. The number of imidazole rings is 1. The van der Waals surface area contributed by atoms with Crippen LogP contribution in [0.25, 0.3) is 5.65 Å². The highest BCUT2D eigenvalue weighted by atomic mass is 35.5. The second-order valence-corrected chi connectivity index (χ2v) is 8.91. The second kappa shape index (κ2) is 7.67. The van der Waals surface area contributed by atoms with E-state index >= 15 is 0 Å². The predicted molar refractivity (Wildman–Crippen MR) is 111 cm³/mol. The molecule has 5 nitrogen and oxygen atoms in total. The first-order valence-electron chi connectivity index (χ1n) is 8.51. The molecule has 0 saturated heterocycles. The van der Waals surface area contributed by atoms with E-state index in [0.717, 1.165) is 4.31 Å². The van der Waals surface area contributed by atoms with Gasteiger partial charge in [-0.15, -0.1) is 0 Å². The number of fused-ring (bicyclic) bond motifs is 1. The molecule has 0 aliphatic carbocycles. The van der Waals surface area contributed by atoms with Crippen LogP contribution in [0, 0.1) is 5.82 Å². The van der Waals surface area contributed by atoms with Gasteiger partial charge < -0.3 is 0 Å². The molecule has 9 heteroatoms. The first kappa shape index (κ1) is 19.7. The van der Waals surface area contributed by atoms with Crippen LogP contribution in [0.4, 0.5) is 10.2 Å². The smallest absolute Gasteiger partial charge is 0.265 e. The van der Waals surface area contributed by atoms with Crippen LogP contribution in [-0.4, -0.2) is 17.8 Å². The SMILES string of the molecule is O=S(=O)(c1ccccc1)N(Cc1ccc(F)cc1)c1nc2ccc(Cl)cn2c1Cl. The molecule has 0 radical (unpaired) electrons. The van der Waals surface area contributed by atoms with Crippen molar-refractivity contribution in [2.75, 3.05) is 4.31 Å². The van der Waals surface area contributed by atoms with Crippen molar-refractivity contribution in [1.29, 1.82) is 0 Å². The van der Waals surface area contributed by atoms with Gasteiger partial charge in [0.2, 0.25) is 0 Å². The van der Waals surface area contributed by atoms with E-state index in [-0.39, 0.29) is 22.4 Å². The van der Waals surface area contributed by atoms with Crippen molar-refractivity contribution in [3.8, 4) is 0 Å². The molecule has 0 atom stereocenters. The molecule has 4 rings (SSSR count). The number of benzene rings is 2. The van der Waals surface area contributed by atoms with Gasteiger partial charge in [0.1, 0.15) is 11.5 Å². The van der Waals surface area contributed by atoms with Crippen LogP contribution in [0.2, 0.25) is 10.2 Å². The fourth-order valence-corrected chi connectivity index (χ4v) is 4.81. The number of nitrogens with zero attached hydrogens (tertiary/aromatic N) is 3. The maximum absolute atomic E-state index is 13.4. The van der Waals surface area contributed by atoms with Gasteiger partial charge in [-0.2, -0.15) is 0 Å². The van der Waals surface area contributed by atoms with E-state index in [1.807, 2.05) is 0 Å². The minimum absolute atomic E-state index is 0.0575. The van der Waals surface area contributed by atoms with Gasteiger partial charge in [-0.25, -0.2) is 22.1 Å². The van der Waals surface area contributed by atoms with Crippen molar-refractivity contribution in [2.24, 2.45) is 0 Å². The molecule has 148 valence electrons. The van der Waals surface area contributed by atoms with Gasteiger partial charge in [-0.05, 0) is 42.0 Å². The van der Waals surface area contributed by atoms with Crippen LogP contribution in [0.5, 0.6) is 0 Å². The Morgan fingerprint density at radius 2 is 1.66 bits per heavy atom. The lowest BCUT2D eigenvalue weighted by Crippen LogP contribution is -2.31. The van der Waals surface area contributed by atoms with Gasteiger partial charge >= 0.3 is 0 Å². The number of sulfonamides is 1. The summed E-state index contributed by atoms with van der Waals surface area (Å²) in [5, 5.41) is 0.531. The van der Waals surface area contributed by atoms with Crippen molar-refractivity contribution in [3.05, 3.63) is 94.5 Å². The summed E-state index contributed by atoms with van der Waals surface area (Å²) >= 11 is 12.5. The lowest BCUT2D eigenvalue weighted by molar-refractivity contribution is 0.590. The fourth-order valence-electron chi connectivity index (χ4n) is 2.89. The zero-order valence-electron chi connectivity index (χ0n) is 14.8. The molecular weight excluding hydrogens is 436 g/mol. The maximum atomic E-state index is 13.4. The van der Waals surface area contributed by atoms with E-state index in [1.165, 1.54) is 40.8 Å². The zero-order chi connectivity index (χ0) is 20.6. The summed E-state index contributed by atoms with van der Waals surface area (Å²) in [6, 6.07) is 16.8. The summed E-state index contributed by atoms with van der Waals surface area (Å²) in [7, 11) is -4.00. The van der Waals surface area contributed by atoms with Crippen LogP contribution in [0.15, 0.2) is 77.8 Å². The molecular formula is C20H14Cl2FN3O2S. The number of hydrogen-bond acceptors (Lipinski definition) is 3. The minimum atomic E-state index is -4.00. The van der Waals surface area contributed by atoms with Crippen molar-refractivity contribution in [1.82, 2.24) is 9.38 Å². The van der Waals surface area contributed by atoms with E-state index in [9.17, 15) is 12.8 Å². The highest BCUT2D eigenvalue weighted by Gasteiger charge is 2.30. The van der Waals surface area contributed by atoms with E-state index in [1.54, 1.807) is 36.5 Å². The Hall–Kier alpha value is -2.61. The highest BCUT2D eigenvalue weighted by Crippen LogP contribution is 2.33. The first-order valence-corrected chi connectivity index (χ1v) is 10.7. The molecule has 2 aromatic carbocycles. The molecule has 29 heavy (non-hydrogen) atoms. The van der Waals surface area contributed by atoms with Crippen LogP contribution >= 0.6 is 23.2 Å². The summed E-state index contributed by atoms with van der Waals surface area (Å²) in [5.74, 6) is -0.353. The van der Waals surface area contributed by atoms with Crippen LogP contribution in [0.3, 0.4) is 0 Å². The van der Waals surface area contributed by atoms with E-state index in [0.29, 0.717) is 16.2 Å². The number of rotatable bonds is 5. The van der Waals surface area contributed by atoms with Gasteiger partial charge in [-0.3, -0.25) is 4.40 Å². The van der Waals surface area contributed by atoms with Crippen LogP contribution in [-0.2, 0) is 16.6 Å². The molecule has 0 N–H and O–H groups in total. The Kier molecular flexibility index (Phi) is 5.21. The Morgan fingerprint density at radius 1 is 0.966 bits per heavy atom. The molecule has 4 aromatic rings. The number of pyridine rings is 1. The average Bonchev–Trinajstić information content (AvgIpc) is 3.04. The highest BCUT2D eigenvalue weighted by molar-refractivity contribution is 7.92. The molecule has 0 bridgehead atoms. The molecule has 0 aliphatic heterocycles. The molecule has 0 fully saturated rings. The fraction of sp³-hybridized carbons (Fsp3) is 0.0500. The van der Waals surface area contributed by atoms with Crippen LogP contribution in [0.1, 0.15) is 5.56 Å².